The Morgan fingerprint density at radius 3 is 2.63 bits per heavy atom. The molecule has 0 amide bonds. The first-order valence-corrected chi connectivity index (χ1v) is 8.98. The molecule has 0 unspecified atom stereocenters. The van der Waals surface area contributed by atoms with E-state index in [4.69, 9.17) is 0 Å². The summed E-state index contributed by atoms with van der Waals surface area (Å²) >= 11 is 0. The quantitative estimate of drug-likeness (QED) is 0.500. The first-order chi connectivity index (χ1) is 13.3. The van der Waals surface area contributed by atoms with E-state index in [2.05, 4.69) is 37.3 Å². The highest BCUT2D eigenvalue weighted by molar-refractivity contribution is 5.79. The Morgan fingerprint density at radius 1 is 1.07 bits per heavy atom. The van der Waals surface area contributed by atoms with Gasteiger partial charge in [-0.05, 0) is 11.6 Å². The van der Waals surface area contributed by atoms with Crippen LogP contribution in [0.15, 0.2) is 72.0 Å². The highest BCUT2D eigenvalue weighted by atomic mass is 19.1. The Balaban J connectivity index is 1.49. The van der Waals surface area contributed by atoms with E-state index in [1.165, 1.54) is 11.6 Å². The molecule has 2 aromatic carbocycles. The van der Waals surface area contributed by atoms with Crippen LogP contribution in [0.4, 0.5) is 4.39 Å². The Morgan fingerprint density at radius 2 is 1.85 bits per heavy atom. The summed E-state index contributed by atoms with van der Waals surface area (Å²) in [6.07, 6.45) is 4.58. The lowest BCUT2D eigenvalue weighted by atomic mass is 10.2. The molecule has 0 bridgehead atoms. The van der Waals surface area contributed by atoms with E-state index in [-0.39, 0.29) is 5.82 Å². The van der Waals surface area contributed by atoms with Crippen molar-refractivity contribution in [1.29, 1.82) is 0 Å². The van der Waals surface area contributed by atoms with Crippen molar-refractivity contribution in [3.8, 4) is 0 Å². The van der Waals surface area contributed by atoms with Crippen molar-refractivity contribution in [2.45, 2.75) is 19.5 Å². The molecule has 3 rings (SSSR count). The summed E-state index contributed by atoms with van der Waals surface area (Å²) in [5.41, 5.74) is 1.85. The van der Waals surface area contributed by atoms with Gasteiger partial charge in [0.05, 0.1) is 0 Å². The van der Waals surface area contributed by atoms with Gasteiger partial charge in [0.2, 0.25) is 0 Å². The van der Waals surface area contributed by atoms with Crippen molar-refractivity contribution in [3.05, 3.63) is 89.8 Å². The average Bonchev–Trinajstić information content (AvgIpc) is 3.13. The van der Waals surface area contributed by atoms with Crippen LogP contribution in [0.3, 0.4) is 0 Å². The van der Waals surface area contributed by atoms with Crippen LogP contribution in [0.5, 0.6) is 0 Å². The molecule has 0 spiro atoms. The van der Waals surface area contributed by atoms with E-state index >= 15 is 0 Å². The van der Waals surface area contributed by atoms with E-state index in [1.54, 1.807) is 19.2 Å². The molecule has 1 heterocycles. The molecule has 0 aliphatic heterocycles. The first-order valence-electron chi connectivity index (χ1n) is 8.98. The van der Waals surface area contributed by atoms with E-state index < -0.39 is 0 Å². The molecule has 140 valence electrons. The van der Waals surface area contributed by atoms with Gasteiger partial charge >= 0.3 is 0 Å². The molecule has 5 nitrogen and oxygen atoms in total. The molecule has 0 fully saturated rings. The third-order valence-corrected chi connectivity index (χ3v) is 4.27. The lowest BCUT2D eigenvalue weighted by molar-refractivity contribution is 0.604. The van der Waals surface area contributed by atoms with Crippen LogP contribution >= 0.6 is 0 Å². The molecule has 6 heteroatoms. The van der Waals surface area contributed by atoms with Gasteiger partial charge in [0.25, 0.3) is 0 Å². The van der Waals surface area contributed by atoms with Crippen LogP contribution in [0.2, 0.25) is 0 Å². The Kier molecular flexibility index (Phi) is 6.57. The molecule has 0 saturated heterocycles. The minimum absolute atomic E-state index is 0.219. The maximum absolute atomic E-state index is 13.7. The van der Waals surface area contributed by atoms with Crippen molar-refractivity contribution in [2.24, 2.45) is 4.99 Å². The smallest absolute Gasteiger partial charge is 0.191 e. The summed E-state index contributed by atoms with van der Waals surface area (Å²) in [6, 6.07) is 17.0. The van der Waals surface area contributed by atoms with Gasteiger partial charge in [0, 0.05) is 51.1 Å². The van der Waals surface area contributed by atoms with E-state index in [0.717, 1.165) is 18.8 Å². The molecule has 0 aliphatic rings. The standard InChI is InChI=1S/C21H24FN5/c1-23-21(26-15-18-9-5-6-10-19(18)22)25-12-11-20-24-13-14-27(20)16-17-7-3-2-4-8-17/h2-10,13-14H,11-12,15-16H2,1H3,(H2,23,25,26). The largest absolute Gasteiger partial charge is 0.356 e. The van der Waals surface area contributed by atoms with Crippen molar-refractivity contribution >= 4 is 5.96 Å². The molecular formula is C21H24FN5. The molecule has 3 aromatic rings. The van der Waals surface area contributed by atoms with Crippen LogP contribution in [-0.2, 0) is 19.5 Å². The molecule has 0 saturated carbocycles. The van der Waals surface area contributed by atoms with Gasteiger partial charge in [-0.3, -0.25) is 4.99 Å². The normalized spacial score (nSPS) is 11.4. The molecule has 0 aliphatic carbocycles. The van der Waals surface area contributed by atoms with Gasteiger partial charge in [-0.1, -0.05) is 48.5 Å². The van der Waals surface area contributed by atoms with Crippen LogP contribution in [-0.4, -0.2) is 29.1 Å². The fraction of sp³-hybridized carbons (Fsp3) is 0.238. The van der Waals surface area contributed by atoms with Gasteiger partial charge in [-0.25, -0.2) is 9.37 Å². The van der Waals surface area contributed by atoms with E-state index in [9.17, 15) is 4.39 Å². The summed E-state index contributed by atoms with van der Waals surface area (Å²) in [6.45, 7) is 1.87. The van der Waals surface area contributed by atoms with Crippen molar-refractivity contribution in [3.63, 3.8) is 0 Å². The molecule has 1 aromatic heterocycles. The van der Waals surface area contributed by atoms with Gasteiger partial charge in [-0.2, -0.15) is 0 Å². The Hall–Kier alpha value is -3.15. The predicted octanol–water partition coefficient (Wildman–Crippen LogP) is 2.98. The average molecular weight is 365 g/mol. The third kappa shape index (κ3) is 5.41. The number of hydrogen-bond acceptors (Lipinski definition) is 2. The number of nitrogens with zero attached hydrogens (tertiary/aromatic N) is 3. The number of aliphatic imine (C=N–C) groups is 1. The van der Waals surface area contributed by atoms with Gasteiger partial charge < -0.3 is 15.2 Å². The number of rotatable bonds is 7. The number of hydrogen-bond donors (Lipinski definition) is 2. The number of benzene rings is 2. The Bertz CT molecular complexity index is 873. The van der Waals surface area contributed by atoms with Crippen molar-refractivity contribution in [1.82, 2.24) is 20.2 Å². The number of nitrogens with one attached hydrogen (secondary N) is 2. The zero-order chi connectivity index (χ0) is 18.9. The Labute approximate surface area is 159 Å². The zero-order valence-corrected chi connectivity index (χ0v) is 15.4. The van der Waals surface area contributed by atoms with Crippen molar-refractivity contribution in [2.75, 3.05) is 13.6 Å². The van der Waals surface area contributed by atoms with Crippen molar-refractivity contribution < 1.29 is 4.39 Å². The van der Waals surface area contributed by atoms with E-state index in [0.29, 0.717) is 24.6 Å². The zero-order valence-electron chi connectivity index (χ0n) is 15.4. The lowest BCUT2D eigenvalue weighted by Crippen LogP contribution is -2.38. The van der Waals surface area contributed by atoms with E-state index in [1.807, 2.05) is 36.7 Å². The van der Waals surface area contributed by atoms with Crippen LogP contribution in [0.1, 0.15) is 17.0 Å². The first kappa shape index (κ1) is 18.6. The van der Waals surface area contributed by atoms with Crippen LogP contribution in [0.25, 0.3) is 0 Å². The van der Waals surface area contributed by atoms with Crippen LogP contribution < -0.4 is 10.6 Å². The summed E-state index contributed by atoms with van der Waals surface area (Å²) in [5.74, 6) is 1.43. The predicted molar refractivity (Wildman–Crippen MR) is 106 cm³/mol. The highest BCUT2D eigenvalue weighted by Crippen LogP contribution is 2.06. The molecular weight excluding hydrogens is 341 g/mol. The molecule has 27 heavy (non-hydrogen) atoms. The summed E-state index contributed by atoms with van der Waals surface area (Å²) in [7, 11) is 1.70. The summed E-state index contributed by atoms with van der Waals surface area (Å²) < 4.78 is 15.8. The van der Waals surface area contributed by atoms with Gasteiger partial charge in [0.1, 0.15) is 11.6 Å². The maximum Gasteiger partial charge on any atom is 0.191 e. The van der Waals surface area contributed by atoms with Gasteiger partial charge in [0.15, 0.2) is 5.96 Å². The summed E-state index contributed by atoms with van der Waals surface area (Å²) in [4.78, 5) is 8.64. The summed E-state index contributed by atoms with van der Waals surface area (Å²) in [5, 5.41) is 6.38. The fourth-order valence-electron chi connectivity index (χ4n) is 2.83. The monoisotopic (exact) mass is 365 g/mol. The second kappa shape index (κ2) is 9.52. The minimum atomic E-state index is -0.219. The molecule has 0 atom stereocenters. The lowest BCUT2D eigenvalue weighted by Gasteiger charge is -2.13. The fourth-order valence-corrected chi connectivity index (χ4v) is 2.83. The molecule has 2 N–H and O–H groups in total. The number of imidazole rings is 1. The number of guanidine groups is 1. The number of halogens is 1. The SMILES string of the molecule is CN=C(NCCc1nccn1Cc1ccccc1)NCc1ccccc1F. The second-order valence-electron chi connectivity index (χ2n) is 6.15. The maximum atomic E-state index is 13.7. The number of aromatic nitrogens is 2. The highest BCUT2D eigenvalue weighted by Gasteiger charge is 2.06. The minimum Gasteiger partial charge on any atom is -0.356 e. The van der Waals surface area contributed by atoms with Crippen LogP contribution in [0, 0.1) is 5.82 Å². The topological polar surface area (TPSA) is 54.2 Å². The third-order valence-electron chi connectivity index (χ3n) is 4.27. The van der Waals surface area contributed by atoms with Gasteiger partial charge in [-0.15, -0.1) is 0 Å². The second-order valence-corrected chi connectivity index (χ2v) is 6.15. The molecule has 0 radical (unpaired) electrons.